The average molecular weight is 727 g/mol. The Labute approximate surface area is 290 Å². The van der Waals surface area contributed by atoms with E-state index in [4.69, 9.17) is 14.2 Å². The number of aliphatic hydroxyl groups excluding tert-OH is 1. The van der Waals surface area contributed by atoms with Crippen molar-refractivity contribution in [2.24, 2.45) is 0 Å². The Balaban J connectivity index is 2.33. The van der Waals surface area contributed by atoms with Crippen LogP contribution in [0, 0.1) is 0 Å². The second-order valence-corrected chi connectivity index (χ2v) is 13.3. The molecule has 0 aliphatic carbocycles. The number of aromatic nitrogens is 6. The van der Waals surface area contributed by atoms with Crippen LogP contribution in [0.1, 0.15) is 60.8 Å². The molecule has 0 radical (unpaired) electrons. The van der Waals surface area contributed by atoms with Crippen molar-refractivity contribution in [1.82, 2.24) is 27.4 Å². The van der Waals surface area contributed by atoms with Gasteiger partial charge < -0.3 is 24.4 Å². The number of hydrogen-bond acceptors (Lipinski definition) is 14. The average Bonchev–Trinajstić information content (AvgIpc) is 3.00. The van der Waals surface area contributed by atoms with Crippen LogP contribution in [0.5, 0.6) is 0 Å². The van der Waals surface area contributed by atoms with E-state index in [1.165, 1.54) is 13.8 Å². The minimum Gasteiger partial charge on any atom is -0.464 e. The summed E-state index contributed by atoms with van der Waals surface area (Å²) < 4.78 is 18.9. The third-order valence-corrected chi connectivity index (χ3v) is 6.74. The zero-order valence-corrected chi connectivity index (χ0v) is 29.7. The van der Waals surface area contributed by atoms with Gasteiger partial charge in [0, 0.05) is 19.6 Å². The molecule has 0 saturated heterocycles. The van der Waals surface area contributed by atoms with Crippen LogP contribution in [0.25, 0.3) is 0 Å². The lowest BCUT2D eigenvalue weighted by molar-refractivity contribution is -0.155. The van der Waals surface area contributed by atoms with E-state index in [0.29, 0.717) is 33.0 Å². The van der Waals surface area contributed by atoms with Crippen molar-refractivity contribution in [2.75, 3.05) is 19.8 Å². The smallest absolute Gasteiger partial charge is 0.336 e. The van der Waals surface area contributed by atoms with E-state index in [2.05, 4.69) is 6.58 Å². The number of carbonyl (C=O) groups excluding carboxylic acids is 3. The van der Waals surface area contributed by atoms with Gasteiger partial charge in [0.25, 0.3) is 0 Å². The number of aliphatic hydroxyl groups is 2. The maximum Gasteiger partial charge on any atom is 0.336 e. The Hall–Kier alpha value is -5.11. The van der Waals surface area contributed by atoms with Crippen LogP contribution in [0.2, 0.25) is 0 Å². The topological polar surface area (TPSA) is 251 Å². The molecule has 0 atom stereocenters. The van der Waals surface area contributed by atoms with E-state index < -0.39 is 135 Å². The lowest BCUT2D eigenvalue weighted by Crippen LogP contribution is -2.56. The van der Waals surface area contributed by atoms with Crippen LogP contribution in [-0.4, -0.2) is 86.5 Å². The predicted molar refractivity (Wildman–Crippen MR) is 178 cm³/mol. The zero-order valence-electron chi connectivity index (χ0n) is 29.7. The standard InChI is InChI=1S/C31H46N6O14/c1-20(2)18-50-22(40)9-12-33-24(42)32(25(43)34(26(33)44)13-10-23(41)51-30(3,4)5)11-8-21(39)49-17-15-36-27(45)35(14-16-38)28(46)37(29(36)47)19-31(6,7)48/h38,48H,1,8-19H2,2-7H3. The Morgan fingerprint density at radius 3 is 1.37 bits per heavy atom. The van der Waals surface area contributed by atoms with Crippen LogP contribution in [0.3, 0.4) is 0 Å². The van der Waals surface area contributed by atoms with E-state index >= 15 is 0 Å². The van der Waals surface area contributed by atoms with Crippen molar-refractivity contribution in [3.05, 3.63) is 75.1 Å². The summed E-state index contributed by atoms with van der Waals surface area (Å²) in [5.74, 6) is -2.48. The quantitative estimate of drug-likeness (QED) is 0.0901. The fourth-order valence-corrected chi connectivity index (χ4v) is 4.54. The van der Waals surface area contributed by atoms with Gasteiger partial charge >= 0.3 is 52.0 Å². The van der Waals surface area contributed by atoms with Gasteiger partial charge in [-0.2, -0.15) is 0 Å². The summed E-state index contributed by atoms with van der Waals surface area (Å²) in [4.78, 5) is 115. The lowest BCUT2D eigenvalue weighted by Gasteiger charge is -2.20. The molecule has 2 N–H and O–H groups in total. The van der Waals surface area contributed by atoms with Crippen LogP contribution in [0.4, 0.5) is 0 Å². The van der Waals surface area contributed by atoms with Gasteiger partial charge in [0.1, 0.15) is 18.8 Å². The van der Waals surface area contributed by atoms with E-state index in [1.807, 2.05) is 0 Å². The van der Waals surface area contributed by atoms with Crippen molar-refractivity contribution in [3.63, 3.8) is 0 Å². The number of nitrogens with zero attached hydrogens (tertiary/aromatic N) is 6. The van der Waals surface area contributed by atoms with E-state index in [0.717, 1.165) is 0 Å². The van der Waals surface area contributed by atoms with Gasteiger partial charge in [0.15, 0.2) is 0 Å². The molecule has 0 spiro atoms. The van der Waals surface area contributed by atoms with Crippen LogP contribution < -0.4 is 34.1 Å². The first kappa shape index (κ1) is 42.1. The lowest BCUT2D eigenvalue weighted by atomic mass is 10.1. The van der Waals surface area contributed by atoms with Crippen molar-refractivity contribution in [2.45, 2.75) is 111 Å². The summed E-state index contributed by atoms with van der Waals surface area (Å²) in [5.41, 5.74) is -8.48. The summed E-state index contributed by atoms with van der Waals surface area (Å²) in [6, 6.07) is 0. The van der Waals surface area contributed by atoms with Crippen molar-refractivity contribution in [1.29, 1.82) is 0 Å². The Kier molecular flexibility index (Phi) is 14.6. The van der Waals surface area contributed by atoms with Gasteiger partial charge in [0.2, 0.25) is 0 Å². The minimum atomic E-state index is -1.53. The highest BCUT2D eigenvalue weighted by atomic mass is 16.6. The number of hydrogen-bond donors (Lipinski definition) is 2. The Morgan fingerprint density at radius 2 is 0.980 bits per heavy atom. The predicted octanol–water partition coefficient (Wildman–Crippen LogP) is -2.71. The fraction of sp³-hybridized carbons (Fsp3) is 0.645. The molecule has 0 saturated carbocycles. The molecule has 20 heteroatoms. The number of carbonyl (C=O) groups is 3. The number of rotatable bonds is 18. The highest BCUT2D eigenvalue weighted by molar-refractivity contribution is 5.70. The fourth-order valence-electron chi connectivity index (χ4n) is 4.54. The molecule has 2 heterocycles. The summed E-state index contributed by atoms with van der Waals surface area (Å²) in [7, 11) is 0. The zero-order chi connectivity index (χ0) is 38.8. The van der Waals surface area contributed by atoms with Gasteiger partial charge in [-0.25, -0.2) is 56.2 Å². The van der Waals surface area contributed by atoms with Gasteiger partial charge in [0.05, 0.1) is 51.1 Å². The van der Waals surface area contributed by atoms with Crippen molar-refractivity contribution in [3.8, 4) is 0 Å². The third-order valence-electron chi connectivity index (χ3n) is 6.74. The molecule has 0 aliphatic heterocycles. The van der Waals surface area contributed by atoms with Gasteiger partial charge in [-0.15, -0.1) is 0 Å². The van der Waals surface area contributed by atoms with Crippen LogP contribution in [-0.2, 0) is 67.9 Å². The monoisotopic (exact) mass is 726 g/mol. The maximum atomic E-state index is 13.3. The minimum absolute atomic E-state index is 0.0896. The second-order valence-electron chi connectivity index (χ2n) is 13.3. The van der Waals surface area contributed by atoms with E-state index in [9.17, 15) is 53.4 Å². The molecule has 284 valence electrons. The van der Waals surface area contributed by atoms with Gasteiger partial charge in [-0.3, -0.25) is 14.4 Å². The normalized spacial score (nSPS) is 11.7. The Bertz CT molecular complexity index is 1980. The third kappa shape index (κ3) is 12.3. The summed E-state index contributed by atoms with van der Waals surface area (Å²) in [6.45, 7) is 8.41. The maximum absolute atomic E-state index is 13.3. The van der Waals surface area contributed by atoms with Gasteiger partial charge in [-0.05, 0) is 47.1 Å². The molecule has 0 amide bonds. The molecule has 2 aromatic rings. The molecule has 51 heavy (non-hydrogen) atoms. The summed E-state index contributed by atoms with van der Waals surface area (Å²) >= 11 is 0. The van der Waals surface area contributed by atoms with E-state index in [1.54, 1.807) is 27.7 Å². The Morgan fingerprint density at radius 1 is 0.608 bits per heavy atom. The largest absolute Gasteiger partial charge is 0.464 e. The van der Waals surface area contributed by atoms with Gasteiger partial charge in [-0.1, -0.05) is 6.58 Å². The molecule has 20 nitrogen and oxygen atoms in total. The molecular weight excluding hydrogens is 680 g/mol. The molecule has 2 aromatic heterocycles. The molecular formula is C31H46N6O14. The highest BCUT2D eigenvalue weighted by Gasteiger charge is 2.23. The van der Waals surface area contributed by atoms with E-state index in [-0.39, 0.29) is 6.61 Å². The first-order valence-corrected chi connectivity index (χ1v) is 16.0. The molecule has 0 fully saturated rings. The summed E-state index contributed by atoms with van der Waals surface area (Å²) in [6.07, 6.45) is -1.46. The van der Waals surface area contributed by atoms with Crippen LogP contribution in [0.15, 0.2) is 40.9 Å². The molecule has 0 aliphatic rings. The molecule has 0 aromatic carbocycles. The SMILES string of the molecule is C=C(C)COC(=O)CCn1c(=O)n(CCC(=O)OCCn2c(=O)n(CCO)c(=O)n(CC(C)(C)O)c2=O)c(=O)n(CCC(=O)OC(C)(C)C)c1=O. The molecule has 0 unspecified atom stereocenters. The highest BCUT2D eigenvalue weighted by Crippen LogP contribution is 2.08. The molecule has 2 rings (SSSR count). The summed E-state index contributed by atoms with van der Waals surface area (Å²) in [5, 5.41) is 19.5. The van der Waals surface area contributed by atoms with Crippen LogP contribution >= 0.6 is 0 Å². The number of esters is 3. The first-order valence-electron chi connectivity index (χ1n) is 16.0. The van der Waals surface area contributed by atoms with Crippen molar-refractivity contribution >= 4 is 17.9 Å². The molecule has 0 bridgehead atoms. The van der Waals surface area contributed by atoms with Crippen molar-refractivity contribution < 1.29 is 38.8 Å². The second kappa shape index (κ2) is 17.7. The number of ether oxygens (including phenoxy) is 3. The first-order chi connectivity index (χ1) is 23.6.